The molecule has 0 radical (unpaired) electrons. The first-order valence-corrected chi connectivity index (χ1v) is 11.1. The molecule has 0 spiro atoms. The fraction of sp³-hybridized carbons (Fsp3) is 0.143. The number of fused-ring (bicyclic) bond motifs is 3. The van der Waals surface area contributed by atoms with Gasteiger partial charge < -0.3 is 5.32 Å². The van der Waals surface area contributed by atoms with Crippen LogP contribution in [0.1, 0.15) is 35.9 Å². The van der Waals surface area contributed by atoms with E-state index < -0.39 is 0 Å². The van der Waals surface area contributed by atoms with Crippen molar-refractivity contribution in [3.05, 3.63) is 113 Å². The lowest BCUT2D eigenvalue weighted by atomic mass is 9.79. The van der Waals surface area contributed by atoms with E-state index in [9.17, 15) is 4.79 Å². The van der Waals surface area contributed by atoms with Gasteiger partial charge in [-0.05, 0) is 35.6 Å². The van der Waals surface area contributed by atoms with Crippen molar-refractivity contribution < 1.29 is 4.79 Å². The Bertz CT molecular complexity index is 1370. The minimum Gasteiger partial charge on any atom is -0.329 e. The van der Waals surface area contributed by atoms with Crippen LogP contribution in [0.3, 0.4) is 0 Å². The smallest absolute Gasteiger partial charge is 0.209 e. The second-order valence-corrected chi connectivity index (χ2v) is 8.47. The predicted octanol–water partition coefficient (Wildman–Crippen LogP) is 6.12. The molecule has 4 heteroatoms. The quantitative estimate of drug-likeness (QED) is 0.437. The van der Waals surface area contributed by atoms with Crippen molar-refractivity contribution in [3.8, 4) is 0 Å². The highest BCUT2D eigenvalue weighted by atomic mass is 16.1. The lowest BCUT2D eigenvalue weighted by Gasteiger charge is -2.35. The zero-order valence-electron chi connectivity index (χ0n) is 17.6. The van der Waals surface area contributed by atoms with Crippen LogP contribution in [0.4, 0.5) is 5.95 Å². The molecule has 2 atom stereocenters. The SMILES string of the molecule is O=C1CC(c2ccccc2)CC2=C1C(C=Cc1ccccc1)n1c(nc3ccccc31)N2. The van der Waals surface area contributed by atoms with Gasteiger partial charge in [0.05, 0.1) is 17.1 Å². The predicted molar refractivity (Wildman–Crippen MR) is 128 cm³/mol. The minimum absolute atomic E-state index is 0.182. The summed E-state index contributed by atoms with van der Waals surface area (Å²) in [5, 5.41) is 3.52. The largest absolute Gasteiger partial charge is 0.329 e. The van der Waals surface area contributed by atoms with Crippen molar-refractivity contribution in [3.63, 3.8) is 0 Å². The van der Waals surface area contributed by atoms with Crippen LogP contribution in [0.5, 0.6) is 0 Å². The van der Waals surface area contributed by atoms with Crippen molar-refractivity contribution >= 4 is 28.8 Å². The maximum atomic E-state index is 13.5. The zero-order valence-corrected chi connectivity index (χ0v) is 17.6. The van der Waals surface area contributed by atoms with E-state index in [0.29, 0.717) is 6.42 Å². The molecule has 1 aliphatic carbocycles. The molecule has 0 bridgehead atoms. The molecule has 1 N–H and O–H groups in total. The normalized spacial score (nSPS) is 20.3. The van der Waals surface area contributed by atoms with E-state index in [1.165, 1.54) is 5.56 Å². The highest BCUT2D eigenvalue weighted by molar-refractivity contribution is 6.01. The van der Waals surface area contributed by atoms with E-state index in [2.05, 4.69) is 52.4 Å². The number of imidazole rings is 1. The first-order chi connectivity index (χ1) is 15.8. The number of carbonyl (C=O) groups excluding carboxylic acids is 1. The molecule has 1 aromatic heterocycles. The summed E-state index contributed by atoms with van der Waals surface area (Å²) in [4.78, 5) is 18.4. The number of nitrogens with zero attached hydrogens (tertiary/aromatic N) is 2. The van der Waals surface area contributed by atoms with E-state index >= 15 is 0 Å². The fourth-order valence-corrected chi connectivity index (χ4v) is 4.98. The van der Waals surface area contributed by atoms with Crippen molar-refractivity contribution in [1.82, 2.24) is 9.55 Å². The topological polar surface area (TPSA) is 46.9 Å². The van der Waals surface area contributed by atoms with Crippen LogP contribution in [0, 0.1) is 0 Å². The molecule has 2 unspecified atom stereocenters. The third-order valence-electron chi connectivity index (χ3n) is 6.48. The van der Waals surface area contributed by atoms with Crippen LogP contribution in [0.2, 0.25) is 0 Å². The van der Waals surface area contributed by atoms with Crippen LogP contribution >= 0.6 is 0 Å². The summed E-state index contributed by atoms with van der Waals surface area (Å²) in [5.74, 6) is 1.19. The summed E-state index contributed by atoms with van der Waals surface area (Å²) < 4.78 is 2.16. The Morgan fingerprint density at radius 2 is 1.59 bits per heavy atom. The van der Waals surface area contributed by atoms with E-state index in [0.717, 1.165) is 40.2 Å². The number of rotatable bonds is 3. The van der Waals surface area contributed by atoms with Gasteiger partial charge in [-0.3, -0.25) is 9.36 Å². The van der Waals surface area contributed by atoms with Gasteiger partial charge in [-0.1, -0.05) is 84.9 Å². The number of benzene rings is 3. The summed E-state index contributed by atoms with van der Waals surface area (Å²) in [6, 6.07) is 28.5. The highest BCUT2D eigenvalue weighted by Crippen LogP contribution is 2.44. The van der Waals surface area contributed by atoms with E-state index in [1.54, 1.807) is 0 Å². The van der Waals surface area contributed by atoms with Crippen molar-refractivity contribution in [1.29, 1.82) is 0 Å². The highest BCUT2D eigenvalue weighted by Gasteiger charge is 2.37. The average molecular weight is 418 g/mol. The lowest BCUT2D eigenvalue weighted by molar-refractivity contribution is -0.116. The number of Topliss-reactive ketones (excluding diaryl/α,β-unsaturated/α-hetero) is 1. The van der Waals surface area contributed by atoms with Gasteiger partial charge in [0.2, 0.25) is 5.95 Å². The molecule has 1 aliphatic heterocycles. The number of hydrogen-bond donors (Lipinski definition) is 1. The average Bonchev–Trinajstić information content (AvgIpc) is 3.21. The second-order valence-electron chi connectivity index (χ2n) is 8.47. The summed E-state index contributed by atoms with van der Waals surface area (Å²) >= 11 is 0. The first-order valence-electron chi connectivity index (χ1n) is 11.1. The van der Waals surface area contributed by atoms with Crippen LogP contribution in [0.15, 0.2) is 102 Å². The van der Waals surface area contributed by atoms with E-state index in [1.807, 2.05) is 54.6 Å². The van der Waals surface area contributed by atoms with Crippen molar-refractivity contribution in [2.75, 3.05) is 5.32 Å². The molecule has 4 nitrogen and oxygen atoms in total. The second kappa shape index (κ2) is 7.65. The fourth-order valence-electron chi connectivity index (χ4n) is 4.98. The number of hydrogen-bond acceptors (Lipinski definition) is 3. The van der Waals surface area contributed by atoms with Gasteiger partial charge in [0.1, 0.15) is 0 Å². The number of aromatic nitrogens is 2. The lowest BCUT2D eigenvalue weighted by Crippen LogP contribution is -2.31. The Morgan fingerprint density at radius 1 is 0.875 bits per heavy atom. The Morgan fingerprint density at radius 3 is 2.41 bits per heavy atom. The maximum absolute atomic E-state index is 13.5. The molecule has 32 heavy (non-hydrogen) atoms. The molecule has 0 saturated carbocycles. The summed E-state index contributed by atoms with van der Waals surface area (Å²) in [6.07, 6.45) is 5.59. The molecular formula is C28H23N3O. The Balaban J connectivity index is 1.47. The van der Waals surface area contributed by atoms with Gasteiger partial charge in [-0.2, -0.15) is 0 Å². The number of nitrogens with one attached hydrogen (secondary N) is 1. The molecule has 3 aromatic carbocycles. The Hall–Kier alpha value is -3.92. The van der Waals surface area contributed by atoms with Crippen LogP contribution in [-0.4, -0.2) is 15.3 Å². The third-order valence-corrected chi connectivity index (χ3v) is 6.48. The van der Waals surface area contributed by atoms with Crippen LogP contribution in [-0.2, 0) is 4.79 Å². The van der Waals surface area contributed by atoms with Crippen LogP contribution < -0.4 is 5.32 Å². The molecule has 2 aliphatic rings. The maximum Gasteiger partial charge on any atom is 0.209 e. The monoisotopic (exact) mass is 417 g/mol. The zero-order chi connectivity index (χ0) is 21.5. The number of carbonyl (C=O) groups is 1. The van der Waals surface area contributed by atoms with E-state index in [4.69, 9.17) is 4.98 Å². The van der Waals surface area contributed by atoms with Gasteiger partial charge in [0.15, 0.2) is 5.78 Å². The third kappa shape index (κ3) is 3.16. The summed E-state index contributed by atoms with van der Waals surface area (Å²) in [7, 11) is 0. The molecule has 0 amide bonds. The molecule has 0 saturated heterocycles. The van der Waals surface area contributed by atoms with E-state index in [-0.39, 0.29) is 17.7 Å². The Kier molecular flexibility index (Phi) is 4.50. The number of para-hydroxylation sites is 2. The van der Waals surface area contributed by atoms with Gasteiger partial charge >= 0.3 is 0 Å². The van der Waals surface area contributed by atoms with Crippen molar-refractivity contribution in [2.45, 2.75) is 24.8 Å². The Labute approximate surface area is 186 Å². The standard InChI is InChI=1S/C28H23N3O/c32-26-18-21(20-11-5-2-6-12-20)17-23-27(26)25(16-15-19-9-3-1-4-10-19)31-24-14-8-7-13-22(24)29-28(31)30-23/h1-16,21,25H,17-18H2,(H,29,30). The molecule has 4 aromatic rings. The summed E-state index contributed by atoms with van der Waals surface area (Å²) in [6.45, 7) is 0. The summed E-state index contributed by atoms with van der Waals surface area (Å²) in [5.41, 5.74) is 6.15. The number of anilines is 1. The minimum atomic E-state index is -0.182. The molecule has 2 heterocycles. The molecule has 6 rings (SSSR count). The number of allylic oxidation sites excluding steroid dienone is 3. The number of ketones is 1. The van der Waals surface area contributed by atoms with Gasteiger partial charge in [0.25, 0.3) is 0 Å². The first kappa shape index (κ1) is 18.8. The molecule has 0 fully saturated rings. The van der Waals surface area contributed by atoms with Gasteiger partial charge in [-0.25, -0.2) is 4.98 Å². The van der Waals surface area contributed by atoms with Crippen molar-refractivity contribution in [2.24, 2.45) is 0 Å². The van der Waals surface area contributed by atoms with Crippen LogP contribution in [0.25, 0.3) is 17.1 Å². The molecular weight excluding hydrogens is 394 g/mol. The van der Waals surface area contributed by atoms with Gasteiger partial charge in [-0.15, -0.1) is 0 Å². The van der Waals surface area contributed by atoms with Gasteiger partial charge in [0, 0.05) is 17.7 Å². The molecule has 156 valence electrons.